The average Bonchev–Trinajstić information content (AvgIpc) is 2.09. The minimum Gasteiger partial charge on any atom is -0.378 e. The van der Waals surface area contributed by atoms with E-state index in [1.54, 1.807) is 0 Å². The third-order valence-electron chi connectivity index (χ3n) is 1.93. The molecule has 13 heavy (non-hydrogen) atoms. The highest BCUT2D eigenvalue weighted by Crippen LogP contribution is 2.03. The maximum atomic E-state index is 5.66. The van der Waals surface area contributed by atoms with E-state index in [1.165, 1.54) is 12.8 Å². The first-order valence-electron chi connectivity index (χ1n) is 5.49. The lowest BCUT2D eigenvalue weighted by Crippen LogP contribution is -2.18. The van der Waals surface area contributed by atoms with Crippen molar-refractivity contribution in [3.05, 3.63) is 0 Å². The largest absolute Gasteiger partial charge is 0.378 e. The van der Waals surface area contributed by atoms with Gasteiger partial charge in [0.1, 0.15) is 0 Å². The number of ether oxygens (including phenoxy) is 1. The van der Waals surface area contributed by atoms with Crippen LogP contribution in [0.15, 0.2) is 0 Å². The molecule has 0 bridgehead atoms. The summed E-state index contributed by atoms with van der Waals surface area (Å²) in [7, 11) is 0. The minimum atomic E-state index is 0.418. The van der Waals surface area contributed by atoms with E-state index >= 15 is 0 Å². The van der Waals surface area contributed by atoms with E-state index in [1.807, 2.05) is 0 Å². The molecule has 0 fully saturated rings. The monoisotopic (exact) mass is 187 g/mol. The predicted molar refractivity (Wildman–Crippen MR) is 58.0 cm³/mol. The molecule has 1 N–H and O–H groups in total. The van der Waals surface area contributed by atoms with Gasteiger partial charge in [0.15, 0.2) is 0 Å². The highest BCUT2D eigenvalue weighted by molar-refractivity contribution is 4.54. The van der Waals surface area contributed by atoms with Gasteiger partial charge < -0.3 is 10.1 Å². The molecule has 80 valence electrons. The quantitative estimate of drug-likeness (QED) is 0.589. The molecule has 0 aliphatic heterocycles. The van der Waals surface area contributed by atoms with Crippen LogP contribution in [0.2, 0.25) is 0 Å². The normalized spacial score (nSPS) is 13.6. The molecule has 0 amide bonds. The molecular formula is C11H25NO. The lowest BCUT2D eigenvalue weighted by molar-refractivity contribution is 0.0414. The summed E-state index contributed by atoms with van der Waals surface area (Å²) < 4.78 is 5.66. The molecule has 2 heteroatoms. The van der Waals surface area contributed by atoms with Crippen LogP contribution in [0.3, 0.4) is 0 Å². The Kier molecular flexibility index (Phi) is 8.46. The van der Waals surface area contributed by atoms with Crippen LogP contribution in [0.1, 0.15) is 40.5 Å². The van der Waals surface area contributed by atoms with E-state index in [-0.39, 0.29) is 0 Å². The summed E-state index contributed by atoms with van der Waals surface area (Å²) in [6, 6.07) is 0. The van der Waals surface area contributed by atoms with Crippen molar-refractivity contribution in [3.8, 4) is 0 Å². The summed E-state index contributed by atoms with van der Waals surface area (Å²) in [4.78, 5) is 0. The Morgan fingerprint density at radius 2 is 1.92 bits per heavy atom. The first kappa shape index (κ1) is 12.9. The second kappa shape index (κ2) is 8.52. The van der Waals surface area contributed by atoms with Gasteiger partial charge in [-0.05, 0) is 38.8 Å². The van der Waals surface area contributed by atoms with E-state index in [0.717, 1.165) is 19.7 Å². The van der Waals surface area contributed by atoms with Crippen LogP contribution in [-0.2, 0) is 4.74 Å². The minimum absolute atomic E-state index is 0.418. The SMILES string of the molecule is CCNCCCC(C)OCC(C)C. The molecule has 1 unspecified atom stereocenters. The van der Waals surface area contributed by atoms with Crippen LogP contribution < -0.4 is 5.32 Å². The van der Waals surface area contributed by atoms with Gasteiger partial charge in [-0.2, -0.15) is 0 Å². The lowest BCUT2D eigenvalue weighted by atomic mass is 10.2. The van der Waals surface area contributed by atoms with Gasteiger partial charge >= 0.3 is 0 Å². The van der Waals surface area contributed by atoms with E-state index in [2.05, 4.69) is 33.0 Å². The molecule has 0 aliphatic rings. The van der Waals surface area contributed by atoms with Gasteiger partial charge in [0.2, 0.25) is 0 Å². The van der Waals surface area contributed by atoms with Gasteiger partial charge in [0.25, 0.3) is 0 Å². The Bertz CT molecular complexity index is 104. The Morgan fingerprint density at radius 1 is 1.23 bits per heavy atom. The van der Waals surface area contributed by atoms with Crippen molar-refractivity contribution in [2.75, 3.05) is 19.7 Å². The van der Waals surface area contributed by atoms with Crippen molar-refractivity contribution < 1.29 is 4.74 Å². The Morgan fingerprint density at radius 3 is 2.46 bits per heavy atom. The number of hydrogen-bond acceptors (Lipinski definition) is 2. The summed E-state index contributed by atoms with van der Waals surface area (Å²) in [5.74, 6) is 0.649. The highest BCUT2D eigenvalue weighted by Gasteiger charge is 2.02. The van der Waals surface area contributed by atoms with Gasteiger partial charge in [-0.1, -0.05) is 20.8 Å². The van der Waals surface area contributed by atoms with Gasteiger partial charge in [0.05, 0.1) is 6.10 Å². The molecule has 0 saturated carbocycles. The van der Waals surface area contributed by atoms with Crippen LogP contribution in [0.25, 0.3) is 0 Å². The van der Waals surface area contributed by atoms with Crippen LogP contribution in [0.5, 0.6) is 0 Å². The molecule has 0 heterocycles. The first-order chi connectivity index (χ1) is 6.16. The number of hydrogen-bond donors (Lipinski definition) is 1. The van der Waals surface area contributed by atoms with E-state index in [0.29, 0.717) is 12.0 Å². The zero-order chi connectivity index (χ0) is 10.1. The standard InChI is InChI=1S/C11H25NO/c1-5-12-8-6-7-11(4)13-9-10(2)3/h10-12H,5-9H2,1-4H3. The van der Waals surface area contributed by atoms with Crippen molar-refractivity contribution in [2.24, 2.45) is 5.92 Å². The van der Waals surface area contributed by atoms with Crippen LogP contribution >= 0.6 is 0 Å². The third kappa shape index (κ3) is 9.84. The van der Waals surface area contributed by atoms with E-state index in [9.17, 15) is 0 Å². The van der Waals surface area contributed by atoms with Gasteiger partial charge in [-0.15, -0.1) is 0 Å². The first-order valence-corrected chi connectivity index (χ1v) is 5.49. The van der Waals surface area contributed by atoms with Crippen molar-refractivity contribution in [3.63, 3.8) is 0 Å². The molecule has 0 aliphatic carbocycles. The Labute approximate surface area is 83.1 Å². The zero-order valence-corrected chi connectivity index (χ0v) is 9.60. The van der Waals surface area contributed by atoms with Crippen molar-refractivity contribution in [1.82, 2.24) is 5.32 Å². The average molecular weight is 187 g/mol. The van der Waals surface area contributed by atoms with E-state index in [4.69, 9.17) is 4.74 Å². The summed E-state index contributed by atoms with van der Waals surface area (Å²) >= 11 is 0. The molecule has 0 radical (unpaired) electrons. The summed E-state index contributed by atoms with van der Waals surface area (Å²) in [5.41, 5.74) is 0. The Balaban J connectivity index is 3.15. The second-order valence-electron chi connectivity index (χ2n) is 4.03. The fraction of sp³-hybridized carbons (Fsp3) is 1.00. The zero-order valence-electron chi connectivity index (χ0n) is 9.60. The molecule has 0 rings (SSSR count). The molecular weight excluding hydrogens is 162 g/mol. The molecule has 0 aromatic heterocycles. The Hall–Kier alpha value is -0.0800. The summed E-state index contributed by atoms with van der Waals surface area (Å²) in [5, 5.41) is 3.31. The maximum absolute atomic E-state index is 5.66. The van der Waals surface area contributed by atoms with E-state index < -0.39 is 0 Å². The van der Waals surface area contributed by atoms with Crippen LogP contribution in [0.4, 0.5) is 0 Å². The van der Waals surface area contributed by atoms with Crippen molar-refractivity contribution in [2.45, 2.75) is 46.6 Å². The highest BCUT2D eigenvalue weighted by atomic mass is 16.5. The fourth-order valence-corrected chi connectivity index (χ4v) is 1.13. The lowest BCUT2D eigenvalue weighted by Gasteiger charge is -2.14. The van der Waals surface area contributed by atoms with Gasteiger partial charge in [-0.25, -0.2) is 0 Å². The number of nitrogens with one attached hydrogen (secondary N) is 1. The molecule has 0 aromatic rings. The predicted octanol–water partition coefficient (Wildman–Crippen LogP) is 2.44. The molecule has 0 spiro atoms. The smallest absolute Gasteiger partial charge is 0.0547 e. The maximum Gasteiger partial charge on any atom is 0.0547 e. The fourth-order valence-electron chi connectivity index (χ4n) is 1.13. The molecule has 1 atom stereocenters. The third-order valence-corrected chi connectivity index (χ3v) is 1.93. The summed E-state index contributed by atoms with van der Waals surface area (Å²) in [6.07, 6.45) is 2.80. The van der Waals surface area contributed by atoms with Gasteiger partial charge in [-0.3, -0.25) is 0 Å². The molecule has 2 nitrogen and oxygen atoms in total. The number of rotatable bonds is 8. The van der Waals surface area contributed by atoms with Crippen LogP contribution in [-0.4, -0.2) is 25.8 Å². The molecule has 0 saturated heterocycles. The van der Waals surface area contributed by atoms with Crippen molar-refractivity contribution in [1.29, 1.82) is 0 Å². The summed E-state index contributed by atoms with van der Waals surface area (Å²) in [6.45, 7) is 11.7. The molecule has 0 aromatic carbocycles. The van der Waals surface area contributed by atoms with Gasteiger partial charge in [0, 0.05) is 6.61 Å². The van der Waals surface area contributed by atoms with Crippen molar-refractivity contribution >= 4 is 0 Å². The van der Waals surface area contributed by atoms with Crippen LogP contribution in [0, 0.1) is 5.92 Å². The second-order valence-corrected chi connectivity index (χ2v) is 4.03. The topological polar surface area (TPSA) is 21.3 Å².